The molecule has 19 heavy (non-hydrogen) atoms. The third-order valence-electron chi connectivity index (χ3n) is 2.76. The number of hydrogen-bond acceptors (Lipinski definition) is 6. The fourth-order valence-electron chi connectivity index (χ4n) is 1.75. The van der Waals surface area contributed by atoms with E-state index in [2.05, 4.69) is 41.6 Å². The predicted molar refractivity (Wildman–Crippen MR) is 70.7 cm³/mol. The first kappa shape index (κ1) is 13.8. The van der Waals surface area contributed by atoms with Gasteiger partial charge in [0.15, 0.2) is 0 Å². The third kappa shape index (κ3) is 4.20. The number of amides is 1. The summed E-state index contributed by atoms with van der Waals surface area (Å²) in [6.45, 7) is 8.45. The Kier molecular flexibility index (Phi) is 4.04. The van der Waals surface area contributed by atoms with E-state index in [0.29, 0.717) is 25.0 Å². The van der Waals surface area contributed by atoms with Crippen LogP contribution >= 0.6 is 0 Å². The topological polar surface area (TPSA) is 83.3 Å². The van der Waals surface area contributed by atoms with Crippen molar-refractivity contribution >= 4 is 11.9 Å². The summed E-state index contributed by atoms with van der Waals surface area (Å²) in [7, 11) is 0. The number of carbonyl (C=O) groups excluding carboxylic acids is 1. The molecule has 1 aliphatic rings. The quantitative estimate of drug-likeness (QED) is 0.818. The highest BCUT2D eigenvalue weighted by Gasteiger charge is 2.20. The van der Waals surface area contributed by atoms with Gasteiger partial charge in [0.2, 0.25) is 11.8 Å². The molecule has 1 amide bonds. The monoisotopic (exact) mass is 267 g/mol. The second-order valence-electron chi connectivity index (χ2n) is 5.71. The Bertz CT molecular complexity index is 438. The second-order valence-corrected chi connectivity index (χ2v) is 5.71. The van der Waals surface area contributed by atoms with Gasteiger partial charge in [0.05, 0.1) is 6.54 Å². The van der Waals surface area contributed by atoms with Crippen LogP contribution in [0.2, 0.25) is 0 Å². The molecule has 106 valence electrons. The Morgan fingerprint density at radius 3 is 2.95 bits per heavy atom. The normalized spacial score (nSPS) is 17.2. The summed E-state index contributed by atoms with van der Waals surface area (Å²) >= 11 is 0. The molecule has 2 heterocycles. The van der Waals surface area contributed by atoms with Gasteiger partial charge in [-0.2, -0.15) is 0 Å². The van der Waals surface area contributed by atoms with E-state index < -0.39 is 0 Å². The van der Waals surface area contributed by atoms with Gasteiger partial charge < -0.3 is 20.0 Å². The van der Waals surface area contributed by atoms with Gasteiger partial charge >= 0.3 is 6.01 Å². The molecule has 1 aromatic heterocycles. The molecule has 7 heteroatoms. The lowest BCUT2D eigenvalue weighted by Gasteiger charge is -2.19. The van der Waals surface area contributed by atoms with Crippen molar-refractivity contribution in [2.75, 3.05) is 24.5 Å². The fourth-order valence-corrected chi connectivity index (χ4v) is 1.75. The number of nitrogens with zero attached hydrogens (tertiary/aromatic N) is 3. The maximum absolute atomic E-state index is 11.5. The van der Waals surface area contributed by atoms with Crippen LogP contribution in [0.1, 0.15) is 33.1 Å². The molecule has 0 saturated carbocycles. The second kappa shape index (κ2) is 5.56. The number of aromatic nitrogens is 2. The van der Waals surface area contributed by atoms with Crippen LogP contribution in [0.3, 0.4) is 0 Å². The fraction of sp³-hybridized carbons (Fsp3) is 0.750. The lowest BCUT2D eigenvalue weighted by molar-refractivity contribution is -0.119. The highest BCUT2D eigenvalue weighted by Crippen LogP contribution is 2.14. The van der Waals surface area contributed by atoms with Crippen molar-refractivity contribution in [1.82, 2.24) is 20.8 Å². The summed E-state index contributed by atoms with van der Waals surface area (Å²) in [6.07, 6.45) is 0.879. The van der Waals surface area contributed by atoms with E-state index in [9.17, 15) is 4.79 Å². The number of rotatable bonds is 3. The van der Waals surface area contributed by atoms with Gasteiger partial charge in [-0.05, 0) is 27.2 Å². The number of nitrogens with one attached hydrogen (secondary N) is 2. The zero-order chi connectivity index (χ0) is 13.9. The van der Waals surface area contributed by atoms with Crippen LogP contribution in [-0.2, 0) is 11.3 Å². The van der Waals surface area contributed by atoms with Crippen LogP contribution in [-0.4, -0.2) is 41.3 Å². The predicted octanol–water partition coefficient (Wildman–Crippen LogP) is 0.284. The molecular formula is C12H21N5O2. The zero-order valence-corrected chi connectivity index (χ0v) is 11.7. The van der Waals surface area contributed by atoms with E-state index in [1.165, 1.54) is 0 Å². The van der Waals surface area contributed by atoms with Crippen molar-refractivity contribution in [3.05, 3.63) is 5.89 Å². The molecule has 1 saturated heterocycles. The maximum atomic E-state index is 11.5. The number of carbonyl (C=O) groups is 1. The molecule has 0 bridgehead atoms. The molecule has 1 aliphatic heterocycles. The molecule has 0 spiro atoms. The van der Waals surface area contributed by atoms with Crippen LogP contribution in [0.15, 0.2) is 4.42 Å². The van der Waals surface area contributed by atoms with Crippen LogP contribution in [0.5, 0.6) is 0 Å². The Morgan fingerprint density at radius 2 is 2.21 bits per heavy atom. The molecule has 1 fully saturated rings. The number of hydrogen-bond donors (Lipinski definition) is 2. The molecule has 7 nitrogen and oxygen atoms in total. The summed E-state index contributed by atoms with van der Waals surface area (Å²) in [5.41, 5.74) is -0.00285. The van der Waals surface area contributed by atoms with E-state index in [1.54, 1.807) is 0 Å². The average Bonchev–Trinajstić information content (AvgIpc) is 2.68. The highest BCUT2D eigenvalue weighted by molar-refractivity contribution is 5.80. The SMILES string of the molecule is CC(C)(C)NCc1nnc(N2CCCNC(=O)C2)o1. The van der Waals surface area contributed by atoms with Crippen molar-refractivity contribution in [3.8, 4) is 0 Å². The van der Waals surface area contributed by atoms with Gasteiger partial charge in [0, 0.05) is 18.6 Å². The first-order valence-electron chi connectivity index (χ1n) is 6.53. The van der Waals surface area contributed by atoms with Gasteiger partial charge in [0.25, 0.3) is 0 Å². The van der Waals surface area contributed by atoms with Crippen LogP contribution in [0, 0.1) is 0 Å². The Morgan fingerprint density at radius 1 is 1.42 bits per heavy atom. The zero-order valence-electron chi connectivity index (χ0n) is 11.7. The van der Waals surface area contributed by atoms with Crippen molar-refractivity contribution in [2.24, 2.45) is 0 Å². The molecule has 2 rings (SSSR count). The first-order chi connectivity index (χ1) is 8.94. The lowest BCUT2D eigenvalue weighted by Crippen LogP contribution is -2.35. The van der Waals surface area contributed by atoms with E-state index in [0.717, 1.165) is 13.0 Å². The molecule has 0 atom stereocenters. The van der Waals surface area contributed by atoms with Gasteiger partial charge in [0.1, 0.15) is 6.54 Å². The Labute approximate surface area is 112 Å². The molecule has 0 aromatic carbocycles. The summed E-state index contributed by atoms with van der Waals surface area (Å²) in [5.74, 6) is 0.527. The highest BCUT2D eigenvalue weighted by atomic mass is 16.4. The maximum Gasteiger partial charge on any atom is 0.318 e. The standard InChI is InChI=1S/C12H21N5O2/c1-12(2,3)14-7-10-15-16-11(19-10)17-6-4-5-13-9(18)8-17/h14H,4-8H2,1-3H3,(H,13,18). The first-order valence-corrected chi connectivity index (χ1v) is 6.53. The molecular weight excluding hydrogens is 246 g/mol. The van der Waals surface area contributed by atoms with Crippen molar-refractivity contribution in [1.29, 1.82) is 0 Å². The minimum Gasteiger partial charge on any atom is -0.407 e. The summed E-state index contributed by atoms with van der Waals surface area (Å²) < 4.78 is 5.58. The van der Waals surface area contributed by atoms with E-state index >= 15 is 0 Å². The summed E-state index contributed by atoms with van der Waals surface area (Å²) in [5, 5.41) is 14.1. The van der Waals surface area contributed by atoms with Crippen molar-refractivity contribution < 1.29 is 9.21 Å². The summed E-state index contributed by atoms with van der Waals surface area (Å²) in [6, 6.07) is 0.419. The van der Waals surface area contributed by atoms with Crippen LogP contribution in [0.25, 0.3) is 0 Å². The van der Waals surface area contributed by atoms with Crippen LogP contribution < -0.4 is 15.5 Å². The van der Waals surface area contributed by atoms with E-state index in [-0.39, 0.29) is 18.0 Å². The average molecular weight is 267 g/mol. The summed E-state index contributed by atoms with van der Waals surface area (Å²) in [4.78, 5) is 13.3. The van der Waals surface area contributed by atoms with Gasteiger partial charge in [-0.3, -0.25) is 4.79 Å². The Hall–Kier alpha value is -1.63. The smallest absolute Gasteiger partial charge is 0.318 e. The molecule has 1 aromatic rings. The van der Waals surface area contributed by atoms with Crippen molar-refractivity contribution in [2.45, 2.75) is 39.3 Å². The molecule has 0 unspecified atom stereocenters. The van der Waals surface area contributed by atoms with E-state index in [4.69, 9.17) is 4.42 Å². The van der Waals surface area contributed by atoms with Crippen molar-refractivity contribution in [3.63, 3.8) is 0 Å². The Balaban J connectivity index is 1.97. The lowest BCUT2D eigenvalue weighted by atomic mass is 10.1. The molecule has 0 radical (unpaired) electrons. The minimum atomic E-state index is -0.00920. The van der Waals surface area contributed by atoms with Gasteiger partial charge in [-0.1, -0.05) is 5.10 Å². The molecule has 0 aliphatic carbocycles. The number of anilines is 1. The largest absolute Gasteiger partial charge is 0.407 e. The molecule has 2 N–H and O–H groups in total. The van der Waals surface area contributed by atoms with Crippen LogP contribution in [0.4, 0.5) is 6.01 Å². The van der Waals surface area contributed by atoms with E-state index in [1.807, 2.05) is 4.90 Å². The minimum absolute atomic E-state index is 0.00285. The third-order valence-corrected chi connectivity index (χ3v) is 2.76. The van der Waals surface area contributed by atoms with Gasteiger partial charge in [-0.25, -0.2) is 0 Å². The van der Waals surface area contributed by atoms with Gasteiger partial charge in [-0.15, -0.1) is 5.10 Å².